The van der Waals surface area contributed by atoms with Crippen LogP contribution < -0.4 is 0 Å². The maximum Gasteiger partial charge on any atom is -0.0289 e. The van der Waals surface area contributed by atoms with Gasteiger partial charge in [-0.2, -0.15) is 0 Å². The van der Waals surface area contributed by atoms with Crippen LogP contribution in [0, 0.1) is 35.0 Å². The van der Waals surface area contributed by atoms with Gasteiger partial charge in [0, 0.05) is 0 Å². The van der Waals surface area contributed by atoms with Crippen LogP contribution in [0.1, 0.15) is 46.5 Å². The number of rotatable bonds is 3. The van der Waals surface area contributed by atoms with Gasteiger partial charge in [-0.1, -0.05) is 27.2 Å². The molecule has 0 aromatic rings. The zero-order valence-electron chi connectivity index (χ0n) is 9.22. The van der Waals surface area contributed by atoms with Crippen molar-refractivity contribution in [1.29, 1.82) is 0 Å². The lowest BCUT2D eigenvalue weighted by Crippen LogP contribution is -2.30. The highest BCUT2D eigenvalue weighted by Crippen LogP contribution is 2.71. The van der Waals surface area contributed by atoms with E-state index >= 15 is 0 Å². The van der Waals surface area contributed by atoms with E-state index < -0.39 is 0 Å². The van der Waals surface area contributed by atoms with Crippen LogP contribution in [-0.4, -0.2) is 0 Å². The highest BCUT2D eigenvalue weighted by Gasteiger charge is 2.63. The van der Waals surface area contributed by atoms with Crippen LogP contribution in [0.25, 0.3) is 0 Å². The van der Waals surface area contributed by atoms with Crippen LogP contribution >= 0.6 is 0 Å². The highest BCUT2D eigenvalue weighted by atomic mass is 14.7. The number of hydrogen-bond donors (Lipinski definition) is 0. The lowest BCUT2D eigenvalue weighted by molar-refractivity contribution is 0.111. The molecule has 6 atom stereocenters. The molecule has 0 spiro atoms. The molecule has 0 saturated heterocycles. The van der Waals surface area contributed by atoms with Gasteiger partial charge in [0.1, 0.15) is 0 Å². The fourth-order valence-corrected chi connectivity index (χ4v) is 4.34. The fourth-order valence-electron chi connectivity index (χ4n) is 4.34. The molecule has 0 nitrogen and oxygen atoms in total. The third-order valence-corrected chi connectivity index (χ3v) is 5.48. The Morgan fingerprint density at radius 3 is 2.46 bits per heavy atom. The van der Waals surface area contributed by atoms with E-state index in [0.717, 1.165) is 29.1 Å². The lowest BCUT2D eigenvalue weighted by atomic mass is 9.67. The van der Waals surface area contributed by atoms with Crippen molar-refractivity contribution in [2.45, 2.75) is 46.5 Å². The highest BCUT2D eigenvalue weighted by molar-refractivity contribution is 5.12. The molecule has 0 heteroatoms. The molecule has 0 heterocycles. The fraction of sp³-hybridized carbons (Fsp3) is 1.00. The summed E-state index contributed by atoms with van der Waals surface area (Å²) in [5, 5.41) is 0. The van der Waals surface area contributed by atoms with E-state index in [-0.39, 0.29) is 0 Å². The van der Waals surface area contributed by atoms with Gasteiger partial charge in [0.25, 0.3) is 0 Å². The first-order chi connectivity index (χ1) is 6.15. The quantitative estimate of drug-likeness (QED) is 0.618. The predicted molar refractivity (Wildman–Crippen MR) is 55.4 cm³/mol. The largest absolute Gasteiger partial charge is 0.0651 e. The van der Waals surface area contributed by atoms with E-state index in [1.54, 1.807) is 19.3 Å². The Morgan fingerprint density at radius 2 is 2.08 bits per heavy atom. The average Bonchev–Trinajstić information content (AvgIpc) is 2.91. The number of fused-ring (bicyclic) bond motifs is 1. The van der Waals surface area contributed by atoms with Gasteiger partial charge in [-0.05, 0) is 54.3 Å². The van der Waals surface area contributed by atoms with Crippen LogP contribution in [-0.2, 0) is 0 Å². The zero-order chi connectivity index (χ0) is 9.22. The second-order valence-corrected chi connectivity index (χ2v) is 6.26. The molecule has 6 unspecified atom stereocenters. The summed E-state index contributed by atoms with van der Waals surface area (Å²) in [6.45, 7) is 7.38. The lowest BCUT2D eigenvalue weighted by Gasteiger charge is -2.38. The SMILES string of the molecule is CCC1C(C)C1CC1(C)CC2CC21. The summed E-state index contributed by atoms with van der Waals surface area (Å²) in [6, 6.07) is 0. The Balaban J connectivity index is 1.58. The predicted octanol–water partition coefficient (Wildman–Crippen LogP) is 3.71. The molecule has 0 bridgehead atoms. The van der Waals surface area contributed by atoms with E-state index in [4.69, 9.17) is 0 Å². The van der Waals surface area contributed by atoms with Crippen LogP contribution in [0.5, 0.6) is 0 Å². The Bertz CT molecular complexity index is 232. The second-order valence-electron chi connectivity index (χ2n) is 6.26. The monoisotopic (exact) mass is 178 g/mol. The Kier molecular flexibility index (Phi) is 1.49. The summed E-state index contributed by atoms with van der Waals surface area (Å²) < 4.78 is 0. The van der Waals surface area contributed by atoms with Crippen LogP contribution in [0.3, 0.4) is 0 Å². The van der Waals surface area contributed by atoms with Gasteiger partial charge in [0.2, 0.25) is 0 Å². The summed E-state index contributed by atoms with van der Waals surface area (Å²) in [5.41, 5.74) is 0.799. The van der Waals surface area contributed by atoms with Gasteiger partial charge in [-0.3, -0.25) is 0 Å². The third kappa shape index (κ3) is 1.04. The molecule has 0 N–H and O–H groups in total. The topological polar surface area (TPSA) is 0 Å². The van der Waals surface area contributed by atoms with Crippen molar-refractivity contribution in [1.82, 2.24) is 0 Å². The molecule has 13 heavy (non-hydrogen) atoms. The van der Waals surface area contributed by atoms with E-state index in [2.05, 4.69) is 20.8 Å². The van der Waals surface area contributed by atoms with Crippen molar-refractivity contribution >= 4 is 0 Å². The van der Waals surface area contributed by atoms with Crippen molar-refractivity contribution in [3.63, 3.8) is 0 Å². The molecule has 0 amide bonds. The Labute approximate surface area is 82.1 Å². The standard InChI is InChI=1S/C13H22/c1-4-10-8(2)11(10)7-13(3)6-9-5-12(9)13/h8-12H,4-7H2,1-3H3. The van der Waals surface area contributed by atoms with Crippen molar-refractivity contribution < 1.29 is 0 Å². The Hall–Kier alpha value is 0. The van der Waals surface area contributed by atoms with E-state index in [9.17, 15) is 0 Å². The van der Waals surface area contributed by atoms with Gasteiger partial charge >= 0.3 is 0 Å². The van der Waals surface area contributed by atoms with E-state index in [1.165, 1.54) is 12.3 Å². The maximum absolute atomic E-state index is 2.55. The second kappa shape index (κ2) is 2.32. The van der Waals surface area contributed by atoms with Crippen molar-refractivity contribution in [2.75, 3.05) is 0 Å². The van der Waals surface area contributed by atoms with Crippen LogP contribution in [0.2, 0.25) is 0 Å². The van der Waals surface area contributed by atoms with Crippen molar-refractivity contribution in [3.8, 4) is 0 Å². The third-order valence-electron chi connectivity index (χ3n) is 5.48. The van der Waals surface area contributed by atoms with Gasteiger partial charge in [-0.15, -0.1) is 0 Å². The van der Waals surface area contributed by atoms with Gasteiger partial charge in [0.15, 0.2) is 0 Å². The Morgan fingerprint density at radius 1 is 1.31 bits per heavy atom. The summed E-state index contributed by atoms with van der Waals surface area (Å²) >= 11 is 0. The molecule has 3 fully saturated rings. The first-order valence-corrected chi connectivity index (χ1v) is 6.15. The van der Waals surface area contributed by atoms with Gasteiger partial charge in [0.05, 0.1) is 0 Å². The number of hydrogen-bond acceptors (Lipinski definition) is 0. The maximum atomic E-state index is 2.55. The average molecular weight is 178 g/mol. The molecule has 0 aromatic carbocycles. The summed E-state index contributed by atoms with van der Waals surface area (Å²) in [4.78, 5) is 0. The van der Waals surface area contributed by atoms with E-state index in [1.807, 2.05) is 0 Å². The first kappa shape index (κ1) is 8.32. The molecular weight excluding hydrogens is 156 g/mol. The molecule has 3 aliphatic rings. The molecule has 0 radical (unpaired) electrons. The minimum absolute atomic E-state index is 0.799. The molecular formula is C13H22. The molecule has 0 aliphatic heterocycles. The van der Waals surface area contributed by atoms with Gasteiger partial charge in [-0.25, -0.2) is 0 Å². The molecule has 74 valence electrons. The molecule has 3 rings (SSSR count). The molecule has 3 saturated carbocycles. The van der Waals surface area contributed by atoms with Gasteiger partial charge < -0.3 is 0 Å². The minimum atomic E-state index is 0.799. The van der Waals surface area contributed by atoms with Crippen LogP contribution in [0.4, 0.5) is 0 Å². The van der Waals surface area contributed by atoms with Crippen molar-refractivity contribution in [2.24, 2.45) is 35.0 Å². The van der Waals surface area contributed by atoms with Crippen molar-refractivity contribution in [3.05, 3.63) is 0 Å². The summed E-state index contributed by atoms with van der Waals surface area (Å²) in [5.74, 6) is 5.60. The molecule has 3 aliphatic carbocycles. The summed E-state index contributed by atoms with van der Waals surface area (Å²) in [6.07, 6.45) is 6.13. The summed E-state index contributed by atoms with van der Waals surface area (Å²) in [7, 11) is 0. The first-order valence-electron chi connectivity index (χ1n) is 6.15. The van der Waals surface area contributed by atoms with Crippen LogP contribution in [0.15, 0.2) is 0 Å². The zero-order valence-corrected chi connectivity index (χ0v) is 9.22. The van der Waals surface area contributed by atoms with E-state index in [0.29, 0.717) is 0 Å². The smallest absolute Gasteiger partial charge is 0.0289 e. The minimum Gasteiger partial charge on any atom is -0.0651 e. The normalized spacial score (nSPS) is 62.5. The molecule has 0 aromatic heterocycles.